The maximum atomic E-state index is 14.1. The van der Waals surface area contributed by atoms with Crippen molar-refractivity contribution in [1.82, 2.24) is 25.0 Å². The highest BCUT2D eigenvalue weighted by Gasteiger charge is 2.43. The topological polar surface area (TPSA) is 90.2 Å². The second-order valence-corrected chi connectivity index (χ2v) is 9.89. The van der Waals surface area contributed by atoms with E-state index in [1.807, 2.05) is 10.7 Å². The van der Waals surface area contributed by atoms with Crippen molar-refractivity contribution in [2.75, 3.05) is 37.0 Å². The lowest BCUT2D eigenvalue weighted by Crippen LogP contribution is -2.48. The van der Waals surface area contributed by atoms with Gasteiger partial charge >= 0.3 is 0 Å². The van der Waals surface area contributed by atoms with E-state index in [4.69, 9.17) is 31.2 Å². The molecule has 1 saturated heterocycles. The molecule has 2 aromatic heterocycles. The summed E-state index contributed by atoms with van der Waals surface area (Å²) >= 11 is 6.11. The number of aryl methyl sites for hydroxylation is 1. The van der Waals surface area contributed by atoms with Crippen LogP contribution in [-0.2, 0) is 11.3 Å². The number of methoxy groups -OCH3 is 1. The number of benzene rings is 1. The maximum Gasteiger partial charge on any atom is 0.242 e. The molecule has 3 atom stereocenters. The average Bonchev–Trinajstić information content (AvgIpc) is 3.25. The third kappa shape index (κ3) is 4.40. The molecule has 0 amide bonds. The minimum absolute atomic E-state index is 0.289. The number of nitrogens with one attached hydrogen (secondary N) is 1. The predicted molar refractivity (Wildman–Crippen MR) is 128 cm³/mol. The summed E-state index contributed by atoms with van der Waals surface area (Å²) in [5, 5.41) is 16.8. The minimum Gasteiger partial charge on any atom is -0.480 e. The first kappa shape index (κ1) is 22.5. The summed E-state index contributed by atoms with van der Waals surface area (Å²) in [6, 6.07) is 6.70. The zero-order valence-electron chi connectivity index (χ0n) is 19.4. The molecule has 9 nitrogen and oxygen atoms in total. The van der Waals surface area contributed by atoms with Crippen molar-refractivity contribution < 1.29 is 13.9 Å². The summed E-state index contributed by atoms with van der Waals surface area (Å²) < 4.78 is 27.2. The highest BCUT2D eigenvalue weighted by atomic mass is 35.5. The molecular weight excluding hydrogens is 473 g/mol. The van der Waals surface area contributed by atoms with E-state index in [-0.39, 0.29) is 6.04 Å². The average molecular weight is 500 g/mol. The highest BCUT2D eigenvalue weighted by Crippen LogP contribution is 2.40. The Bertz CT molecular complexity index is 1190. The number of hydrogen-bond donors (Lipinski definition) is 1. The van der Waals surface area contributed by atoms with Gasteiger partial charge in [-0.2, -0.15) is 10.1 Å². The number of rotatable bonds is 5. The van der Waals surface area contributed by atoms with Crippen LogP contribution in [0.15, 0.2) is 30.5 Å². The smallest absolute Gasteiger partial charge is 0.242 e. The van der Waals surface area contributed by atoms with E-state index in [9.17, 15) is 4.39 Å². The Hall–Kier alpha value is -2.98. The molecule has 4 heterocycles. The van der Waals surface area contributed by atoms with Gasteiger partial charge < -0.3 is 19.7 Å². The Kier molecular flexibility index (Phi) is 5.93. The number of hydrogen-bond acceptors (Lipinski definition) is 8. The molecule has 2 aliphatic heterocycles. The van der Waals surface area contributed by atoms with Crippen molar-refractivity contribution in [3.8, 4) is 5.88 Å². The van der Waals surface area contributed by atoms with E-state index in [2.05, 4.69) is 20.4 Å². The van der Waals surface area contributed by atoms with Gasteiger partial charge in [-0.15, -0.1) is 10.2 Å². The van der Waals surface area contributed by atoms with Crippen LogP contribution in [0.5, 0.6) is 5.88 Å². The molecule has 184 valence electrons. The summed E-state index contributed by atoms with van der Waals surface area (Å²) in [6.45, 7) is 3.09. The number of fused-ring (bicyclic) bond motifs is 3. The number of piperidine rings is 1. The van der Waals surface area contributed by atoms with E-state index in [1.165, 1.54) is 12.1 Å². The third-order valence-electron chi connectivity index (χ3n) is 7.24. The van der Waals surface area contributed by atoms with Gasteiger partial charge in [0, 0.05) is 43.4 Å². The number of nitrogens with zero attached hydrogens (tertiary/aromatic N) is 6. The van der Waals surface area contributed by atoms with Crippen molar-refractivity contribution in [1.29, 1.82) is 0 Å². The fraction of sp³-hybridized carbons (Fsp3) is 0.500. The first-order chi connectivity index (χ1) is 17.1. The summed E-state index contributed by atoms with van der Waals surface area (Å²) in [7, 11) is 1.60. The molecule has 6 rings (SSSR count). The second-order valence-electron chi connectivity index (χ2n) is 9.45. The van der Waals surface area contributed by atoms with E-state index in [0.717, 1.165) is 38.0 Å². The number of ether oxygens (including phenoxy) is 2. The van der Waals surface area contributed by atoms with Crippen molar-refractivity contribution in [2.45, 2.75) is 38.0 Å². The molecule has 3 aromatic rings. The van der Waals surface area contributed by atoms with Gasteiger partial charge in [-0.25, -0.2) is 9.07 Å². The molecule has 0 spiro atoms. The quantitative estimate of drug-likeness (QED) is 0.568. The van der Waals surface area contributed by atoms with Crippen LogP contribution >= 0.6 is 11.6 Å². The standard InChI is InChI=1S/C24H27ClFN7O2/c1-34-20-10-19(11-27-30-20)32-12-14-3-4-15(13-32)21(14)28-24-29-23-22(35-6-2-5-33(23)31-24)16-7-17(25)9-18(26)8-16/h7-11,14-15,21-22H,2-6,12-13H2,1H3,(H,28,31)/t14-,15-,22-/m1/s1. The lowest BCUT2D eigenvalue weighted by molar-refractivity contribution is 0.0810. The zero-order chi connectivity index (χ0) is 23.9. The number of anilines is 2. The molecule has 11 heteroatoms. The molecule has 1 saturated carbocycles. The van der Waals surface area contributed by atoms with Crippen molar-refractivity contribution in [2.24, 2.45) is 11.8 Å². The van der Waals surface area contributed by atoms with Crippen LogP contribution in [0.25, 0.3) is 0 Å². The largest absolute Gasteiger partial charge is 0.480 e. The molecule has 0 radical (unpaired) electrons. The van der Waals surface area contributed by atoms with Gasteiger partial charge in [0.1, 0.15) is 11.9 Å². The molecule has 1 aromatic carbocycles. The lowest BCUT2D eigenvalue weighted by Gasteiger charge is -2.39. The Morgan fingerprint density at radius 1 is 1.17 bits per heavy atom. The van der Waals surface area contributed by atoms with Gasteiger partial charge in [-0.3, -0.25) is 0 Å². The minimum atomic E-state index is -0.513. The van der Waals surface area contributed by atoms with Gasteiger partial charge in [-0.05, 0) is 54.9 Å². The van der Waals surface area contributed by atoms with E-state index in [1.54, 1.807) is 19.4 Å². The van der Waals surface area contributed by atoms with Crippen molar-refractivity contribution in [3.05, 3.63) is 52.7 Å². The van der Waals surface area contributed by atoms with Crippen LogP contribution in [0.4, 0.5) is 16.0 Å². The highest BCUT2D eigenvalue weighted by molar-refractivity contribution is 6.30. The van der Waals surface area contributed by atoms with Crippen LogP contribution in [0.1, 0.15) is 36.8 Å². The summed E-state index contributed by atoms with van der Waals surface area (Å²) in [5.41, 5.74) is 1.68. The van der Waals surface area contributed by atoms with Gasteiger partial charge in [0.25, 0.3) is 0 Å². The first-order valence-electron chi connectivity index (χ1n) is 12.0. The van der Waals surface area contributed by atoms with E-state index < -0.39 is 11.9 Å². The Morgan fingerprint density at radius 2 is 2.00 bits per heavy atom. The van der Waals surface area contributed by atoms with Crippen LogP contribution in [0.2, 0.25) is 5.02 Å². The molecule has 2 bridgehead atoms. The van der Waals surface area contributed by atoms with Crippen LogP contribution in [-0.4, -0.2) is 57.8 Å². The van der Waals surface area contributed by atoms with Crippen LogP contribution < -0.4 is 15.0 Å². The fourth-order valence-electron chi connectivity index (χ4n) is 5.66. The van der Waals surface area contributed by atoms with Gasteiger partial charge in [0.05, 0.1) is 19.0 Å². The molecular formula is C24H27ClFN7O2. The fourth-order valence-corrected chi connectivity index (χ4v) is 5.89. The molecule has 1 N–H and O–H groups in total. The van der Waals surface area contributed by atoms with Gasteiger partial charge in [0.2, 0.25) is 11.8 Å². The van der Waals surface area contributed by atoms with Crippen molar-refractivity contribution >= 4 is 23.2 Å². The summed E-state index contributed by atoms with van der Waals surface area (Å²) in [6.07, 6.45) is 4.39. The Morgan fingerprint density at radius 3 is 2.77 bits per heavy atom. The molecule has 3 aliphatic rings. The van der Waals surface area contributed by atoms with Crippen LogP contribution in [0.3, 0.4) is 0 Å². The SMILES string of the molecule is COc1cc(N2C[C@H]3CC[C@H](C2)C3Nc2nc3n(n2)CCCO[C@@H]3c2cc(F)cc(Cl)c2)cnn1. The Labute approximate surface area is 207 Å². The normalized spacial score (nSPS) is 25.7. The van der Waals surface area contributed by atoms with Gasteiger partial charge in [0.15, 0.2) is 5.82 Å². The molecule has 2 fully saturated rings. The van der Waals surface area contributed by atoms with Crippen LogP contribution in [0, 0.1) is 17.7 Å². The number of halogens is 2. The second kappa shape index (κ2) is 9.23. The lowest BCUT2D eigenvalue weighted by atomic mass is 9.92. The van der Waals surface area contributed by atoms with Crippen molar-refractivity contribution in [3.63, 3.8) is 0 Å². The predicted octanol–water partition coefficient (Wildman–Crippen LogP) is 3.71. The third-order valence-corrected chi connectivity index (χ3v) is 7.46. The summed E-state index contributed by atoms with van der Waals surface area (Å²) in [5.74, 6) is 2.33. The Balaban J connectivity index is 1.21. The van der Waals surface area contributed by atoms with E-state index in [0.29, 0.717) is 53.2 Å². The molecule has 35 heavy (non-hydrogen) atoms. The summed E-state index contributed by atoms with van der Waals surface area (Å²) in [4.78, 5) is 7.19. The molecule has 1 aliphatic carbocycles. The first-order valence-corrected chi connectivity index (χ1v) is 12.4. The zero-order valence-corrected chi connectivity index (χ0v) is 20.2. The van der Waals surface area contributed by atoms with Gasteiger partial charge in [-0.1, -0.05) is 11.6 Å². The maximum absolute atomic E-state index is 14.1. The molecule has 0 unspecified atom stereocenters. The number of aromatic nitrogens is 5. The monoisotopic (exact) mass is 499 g/mol. The van der Waals surface area contributed by atoms with E-state index >= 15 is 0 Å².